The van der Waals surface area contributed by atoms with Gasteiger partial charge in [0.1, 0.15) is 5.82 Å². The number of rotatable bonds is 5. The van der Waals surface area contributed by atoms with E-state index in [-0.39, 0.29) is 12.4 Å². The summed E-state index contributed by atoms with van der Waals surface area (Å²) in [5, 5.41) is 4.82. The summed E-state index contributed by atoms with van der Waals surface area (Å²) in [5.41, 5.74) is 3.71. The number of anilines is 1. The van der Waals surface area contributed by atoms with Gasteiger partial charge in [0, 0.05) is 37.1 Å². The summed E-state index contributed by atoms with van der Waals surface area (Å²) < 4.78 is 0. The molecule has 0 unspecified atom stereocenters. The molecule has 2 aromatic carbocycles. The molecule has 4 heteroatoms. The molecule has 0 saturated carbocycles. The van der Waals surface area contributed by atoms with Crippen LogP contribution in [-0.4, -0.2) is 18.1 Å². The lowest BCUT2D eigenvalue weighted by Crippen LogP contribution is -2.31. The summed E-state index contributed by atoms with van der Waals surface area (Å²) in [6.07, 6.45) is 3.88. The molecule has 0 spiro atoms. The highest BCUT2D eigenvalue weighted by molar-refractivity contribution is 5.85. The fourth-order valence-electron chi connectivity index (χ4n) is 3.60. The number of aromatic nitrogens is 1. The normalized spacial score (nSPS) is 14.2. The Morgan fingerprint density at radius 1 is 0.846 bits per heavy atom. The largest absolute Gasteiger partial charge is 0.356 e. The maximum Gasteiger partial charge on any atom is 0.133 e. The Kier molecular flexibility index (Phi) is 6.48. The number of piperidine rings is 1. The minimum Gasteiger partial charge on any atom is -0.356 e. The molecule has 0 amide bonds. The topological polar surface area (TPSA) is 28.2 Å². The number of hydrogen-bond acceptors (Lipinski definition) is 3. The number of nitrogens with zero attached hydrogens (tertiary/aromatic N) is 2. The van der Waals surface area contributed by atoms with Crippen molar-refractivity contribution in [3.8, 4) is 0 Å². The van der Waals surface area contributed by atoms with Crippen molar-refractivity contribution in [1.82, 2.24) is 10.3 Å². The van der Waals surface area contributed by atoms with Crippen molar-refractivity contribution in [3.05, 3.63) is 71.8 Å². The van der Waals surface area contributed by atoms with E-state index in [0.29, 0.717) is 0 Å². The van der Waals surface area contributed by atoms with Crippen LogP contribution in [0.1, 0.15) is 30.4 Å². The number of nitrogens with one attached hydrogen (secondary N) is 1. The third-order valence-electron chi connectivity index (χ3n) is 4.92. The second-order valence-electron chi connectivity index (χ2n) is 6.80. The Bertz CT molecular complexity index is 829. The fourth-order valence-corrected chi connectivity index (χ4v) is 3.60. The van der Waals surface area contributed by atoms with E-state index in [0.717, 1.165) is 31.7 Å². The average Bonchev–Trinajstić information content (AvgIpc) is 2.69. The van der Waals surface area contributed by atoms with Crippen LogP contribution in [0.15, 0.2) is 60.7 Å². The molecule has 26 heavy (non-hydrogen) atoms. The first kappa shape index (κ1) is 18.7. The molecule has 3 aromatic rings. The third kappa shape index (κ3) is 4.35. The second-order valence-corrected chi connectivity index (χ2v) is 6.80. The van der Waals surface area contributed by atoms with Gasteiger partial charge in [-0.05, 0) is 37.0 Å². The van der Waals surface area contributed by atoms with E-state index >= 15 is 0 Å². The third-order valence-corrected chi connectivity index (χ3v) is 4.92. The molecule has 1 aliphatic rings. The highest BCUT2D eigenvalue weighted by Crippen LogP contribution is 2.26. The molecule has 1 aliphatic heterocycles. The summed E-state index contributed by atoms with van der Waals surface area (Å²) in [6.45, 7) is 3.97. The monoisotopic (exact) mass is 367 g/mol. The van der Waals surface area contributed by atoms with Gasteiger partial charge in [0.15, 0.2) is 0 Å². The van der Waals surface area contributed by atoms with Crippen LogP contribution in [0.25, 0.3) is 10.9 Å². The van der Waals surface area contributed by atoms with Crippen LogP contribution >= 0.6 is 12.4 Å². The fraction of sp³-hybridized carbons (Fsp3) is 0.318. The first-order chi connectivity index (χ1) is 12.4. The van der Waals surface area contributed by atoms with Gasteiger partial charge in [0.05, 0.1) is 5.52 Å². The number of hydrogen-bond donors (Lipinski definition) is 1. The van der Waals surface area contributed by atoms with Gasteiger partial charge in [-0.2, -0.15) is 0 Å². The maximum atomic E-state index is 5.01. The molecule has 0 radical (unpaired) electrons. The van der Waals surface area contributed by atoms with Crippen LogP contribution in [-0.2, 0) is 13.1 Å². The van der Waals surface area contributed by atoms with E-state index in [1.165, 1.54) is 41.6 Å². The average molecular weight is 368 g/mol. The minimum absolute atomic E-state index is 0. The predicted molar refractivity (Wildman–Crippen MR) is 112 cm³/mol. The highest BCUT2D eigenvalue weighted by Gasteiger charge is 2.16. The molecule has 1 N–H and O–H groups in total. The molecule has 3 nitrogen and oxygen atoms in total. The summed E-state index contributed by atoms with van der Waals surface area (Å²) in [6, 6.07) is 21.3. The van der Waals surface area contributed by atoms with Crippen LogP contribution < -0.4 is 10.2 Å². The number of halogens is 1. The number of pyridine rings is 1. The minimum atomic E-state index is 0. The van der Waals surface area contributed by atoms with Gasteiger partial charge in [-0.25, -0.2) is 4.98 Å². The summed E-state index contributed by atoms with van der Waals surface area (Å²) in [5.74, 6) is 1.17. The van der Waals surface area contributed by atoms with E-state index in [1.54, 1.807) is 0 Å². The van der Waals surface area contributed by atoms with Crippen molar-refractivity contribution in [2.45, 2.75) is 32.4 Å². The zero-order valence-electron chi connectivity index (χ0n) is 15.0. The van der Waals surface area contributed by atoms with Crippen molar-refractivity contribution in [1.29, 1.82) is 0 Å². The zero-order chi connectivity index (χ0) is 16.9. The molecule has 0 atom stereocenters. The first-order valence-corrected chi connectivity index (χ1v) is 9.28. The van der Waals surface area contributed by atoms with Crippen LogP contribution in [0.3, 0.4) is 0 Å². The van der Waals surface area contributed by atoms with Gasteiger partial charge in [0.25, 0.3) is 0 Å². The second kappa shape index (κ2) is 9.02. The quantitative estimate of drug-likeness (QED) is 0.692. The van der Waals surface area contributed by atoms with Gasteiger partial charge in [-0.1, -0.05) is 48.5 Å². The first-order valence-electron chi connectivity index (χ1n) is 9.28. The Balaban J connectivity index is 0.00000196. The van der Waals surface area contributed by atoms with Gasteiger partial charge >= 0.3 is 0 Å². The van der Waals surface area contributed by atoms with Crippen LogP contribution in [0.5, 0.6) is 0 Å². The molecule has 1 fully saturated rings. The maximum absolute atomic E-state index is 5.01. The molecule has 0 bridgehead atoms. The van der Waals surface area contributed by atoms with Crippen LogP contribution in [0.4, 0.5) is 5.82 Å². The molecule has 2 heterocycles. The van der Waals surface area contributed by atoms with Crippen molar-refractivity contribution in [2.24, 2.45) is 0 Å². The highest BCUT2D eigenvalue weighted by atomic mass is 35.5. The van der Waals surface area contributed by atoms with Gasteiger partial charge in [0.2, 0.25) is 0 Å². The number of para-hydroxylation sites is 1. The Labute approximate surface area is 161 Å². The Morgan fingerprint density at radius 2 is 1.58 bits per heavy atom. The van der Waals surface area contributed by atoms with Gasteiger partial charge in [-0.3, -0.25) is 0 Å². The standard InChI is InChI=1S/C22H25N3.ClH/c1-3-9-18(10-4-1)16-23-17-20-15-19-11-5-6-12-21(19)24-22(20)25-13-7-2-8-14-25;/h1,3-6,9-12,15,23H,2,7-8,13-14,16-17H2;1H. The van der Waals surface area contributed by atoms with E-state index in [4.69, 9.17) is 4.98 Å². The van der Waals surface area contributed by atoms with Crippen molar-refractivity contribution in [2.75, 3.05) is 18.0 Å². The molecular formula is C22H26ClN3. The smallest absolute Gasteiger partial charge is 0.133 e. The predicted octanol–water partition coefficient (Wildman–Crippen LogP) is 4.94. The lowest BCUT2D eigenvalue weighted by molar-refractivity contribution is 0.570. The van der Waals surface area contributed by atoms with E-state index in [2.05, 4.69) is 70.9 Å². The Morgan fingerprint density at radius 3 is 2.38 bits per heavy atom. The zero-order valence-corrected chi connectivity index (χ0v) is 15.8. The van der Waals surface area contributed by atoms with Crippen molar-refractivity contribution >= 4 is 29.1 Å². The summed E-state index contributed by atoms with van der Waals surface area (Å²) >= 11 is 0. The van der Waals surface area contributed by atoms with Crippen LogP contribution in [0, 0.1) is 0 Å². The van der Waals surface area contributed by atoms with Gasteiger partial charge in [-0.15, -0.1) is 12.4 Å². The van der Waals surface area contributed by atoms with Gasteiger partial charge < -0.3 is 10.2 Å². The van der Waals surface area contributed by atoms with E-state index in [9.17, 15) is 0 Å². The summed E-state index contributed by atoms with van der Waals surface area (Å²) in [4.78, 5) is 7.48. The van der Waals surface area contributed by atoms with E-state index in [1.807, 2.05) is 0 Å². The molecule has 0 aliphatic carbocycles. The van der Waals surface area contributed by atoms with E-state index < -0.39 is 0 Å². The number of benzene rings is 2. The number of fused-ring (bicyclic) bond motifs is 1. The molecular weight excluding hydrogens is 342 g/mol. The molecule has 4 rings (SSSR count). The van der Waals surface area contributed by atoms with Crippen molar-refractivity contribution < 1.29 is 0 Å². The van der Waals surface area contributed by atoms with Crippen LogP contribution in [0.2, 0.25) is 0 Å². The lowest BCUT2D eigenvalue weighted by atomic mass is 10.1. The van der Waals surface area contributed by atoms with Crippen molar-refractivity contribution in [3.63, 3.8) is 0 Å². The SMILES string of the molecule is Cl.c1ccc(CNCc2cc3ccccc3nc2N2CCCCC2)cc1. The Hall–Kier alpha value is -2.10. The molecule has 136 valence electrons. The molecule has 1 saturated heterocycles. The molecule has 1 aromatic heterocycles. The summed E-state index contributed by atoms with van der Waals surface area (Å²) in [7, 11) is 0. The lowest BCUT2D eigenvalue weighted by Gasteiger charge is -2.30.